The SMILES string of the molecule is Cc1sc(NC(=O)c2cc(-c3ccc(Cl)cc3Cl)nc3ccccc23)c(C(N)=O)c1C. The summed E-state index contributed by atoms with van der Waals surface area (Å²) in [5.41, 5.74) is 8.89. The predicted molar refractivity (Wildman–Crippen MR) is 127 cm³/mol. The number of hydrogen-bond acceptors (Lipinski definition) is 4. The summed E-state index contributed by atoms with van der Waals surface area (Å²) >= 11 is 13.7. The lowest BCUT2D eigenvalue weighted by Crippen LogP contribution is -2.18. The number of nitrogens with zero attached hydrogens (tertiary/aromatic N) is 1. The van der Waals surface area contributed by atoms with E-state index in [2.05, 4.69) is 10.3 Å². The van der Waals surface area contributed by atoms with Gasteiger partial charge < -0.3 is 11.1 Å². The fourth-order valence-electron chi connectivity index (χ4n) is 3.38. The van der Waals surface area contributed by atoms with Crippen LogP contribution in [-0.4, -0.2) is 16.8 Å². The van der Waals surface area contributed by atoms with Crippen LogP contribution < -0.4 is 11.1 Å². The van der Waals surface area contributed by atoms with Crippen LogP contribution in [-0.2, 0) is 0 Å². The number of benzene rings is 2. The number of nitrogens with one attached hydrogen (secondary N) is 1. The second-order valence-corrected chi connectivity index (χ2v) is 9.07. The lowest BCUT2D eigenvalue weighted by Gasteiger charge is -2.11. The zero-order chi connectivity index (χ0) is 22.3. The van der Waals surface area contributed by atoms with Gasteiger partial charge in [0.1, 0.15) is 5.00 Å². The van der Waals surface area contributed by atoms with Crippen molar-refractivity contribution in [2.45, 2.75) is 13.8 Å². The van der Waals surface area contributed by atoms with Crippen LogP contribution in [0.3, 0.4) is 0 Å². The van der Waals surface area contributed by atoms with E-state index in [4.69, 9.17) is 28.9 Å². The average molecular weight is 470 g/mol. The molecule has 0 saturated carbocycles. The molecule has 8 heteroatoms. The normalized spacial score (nSPS) is 11.0. The Bertz CT molecular complexity index is 1360. The number of para-hydroxylation sites is 1. The number of halogens is 2. The highest BCUT2D eigenvalue weighted by Gasteiger charge is 2.21. The number of primary amides is 1. The predicted octanol–water partition coefficient (Wildman–Crippen LogP) is 6.24. The standard InChI is InChI=1S/C23H17Cl2N3O2S/c1-11-12(2)31-23(20(11)21(26)29)28-22(30)16-10-19(15-8-7-13(24)9-17(15)25)27-18-6-4-3-5-14(16)18/h3-10H,1-2H3,(H2,26,29)(H,28,30). The van der Waals surface area contributed by atoms with Crippen LogP contribution in [0.2, 0.25) is 10.0 Å². The van der Waals surface area contributed by atoms with E-state index in [0.29, 0.717) is 48.3 Å². The Morgan fingerprint density at radius 2 is 1.81 bits per heavy atom. The van der Waals surface area contributed by atoms with E-state index in [1.807, 2.05) is 38.1 Å². The number of carbonyl (C=O) groups excluding carboxylic acids is 2. The molecule has 2 heterocycles. The summed E-state index contributed by atoms with van der Waals surface area (Å²) in [6.45, 7) is 3.69. The summed E-state index contributed by atoms with van der Waals surface area (Å²) in [5, 5.41) is 4.91. The first-order valence-electron chi connectivity index (χ1n) is 9.32. The van der Waals surface area contributed by atoms with Gasteiger partial charge >= 0.3 is 0 Å². The zero-order valence-corrected chi connectivity index (χ0v) is 19.0. The van der Waals surface area contributed by atoms with E-state index in [-0.39, 0.29) is 5.91 Å². The number of pyridine rings is 1. The second kappa shape index (κ2) is 8.30. The number of aryl methyl sites for hydroxylation is 1. The van der Waals surface area contributed by atoms with Gasteiger partial charge in [-0.1, -0.05) is 41.4 Å². The van der Waals surface area contributed by atoms with Crippen LogP contribution in [0.15, 0.2) is 48.5 Å². The average Bonchev–Trinajstić information content (AvgIpc) is 3.00. The van der Waals surface area contributed by atoms with Crippen LogP contribution >= 0.6 is 34.5 Å². The molecule has 0 saturated heterocycles. The minimum Gasteiger partial charge on any atom is -0.365 e. The first kappa shape index (κ1) is 21.3. The molecule has 0 bridgehead atoms. The number of hydrogen-bond donors (Lipinski definition) is 2. The van der Waals surface area contributed by atoms with Crippen LogP contribution in [0.4, 0.5) is 5.00 Å². The van der Waals surface area contributed by atoms with Crippen LogP contribution in [0, 0.1) is 13.8 Å². The third-order valence-corrected chi connectivity index (χ3v) is 6.70. The molecule has 2 aromatic carbocycles. The van der Waals surface area contributed by atoms with Gasteiger partial charge in [-0.15, -0.1) is 11.3 Å². The Morgan fingerprint density at radius 3 is 2.52 bits per heavy atom. The second-order valence-electron chi connectivity index (χ2n) is 7.00. The molecule has 31 heavy (non-hydrogen) atoms. The molecule has 0 aliphatic carbocycles. The number of amides is 2. The summed E-state index contributed by atoms with van der Waals surface area (Å²) in [6, 6.07) is 14.1. The number of carbonyl (C=O) groups is 2. The molecular weight excluding hydrogens is 453 g/mol. The summed E-state index contributed by atoms with van der Waals surface area (Å²) in [6.07, 6.45) is 0. The van der Waals surface area contributed by atoms with Crippen molar-refractivity contribution in [2.75, 3.05) is 5.32 Å². The number of thiophene rings is 1. The first-order chi connectivity index (χ1) is 14.8. The van der Waals surface area contributed by atoms with Crippen molar-refractivity contribution < 1.29 is 9.59 Å². The Kier molecular flexibility index (Phi) is 5.71. The minimum atomic E-state index is -0.578. The molecule has 0 atom stereocenters. The Hall–Kier alpha value is -2.93. The highest BCUT2D eigenvalue weighted by molar-refractivity contribution is 7.16. The smallest absolute Gasteiger partial charge is 0.257 e. The van der Waals surface area contributed by atoms with E-state index in [0.717, 1.165) is 10.4 Å². The summed E-state index contributed by atoms with van der Waals surface area (Å²) in [7, 11) is 0. The number of nitrogens with two attached hydrogens (primary N) is 1. The van der Waals surface area contributed by atoms with Crippen molar-refractivity contribution in [1.82, 2.24) is 4.98 Å². The van der Waals surface area contributed by atoms with Crippen molar-refractivity contribution in [3.63, 3.8) is 0 Å². The van der Waals surface area contributed by atoms with Gasteiger partial charge in [-0.25, -0.2) is 4.98 Å². The van der Waals surface area contributed by atoms with Gasteiger partial charge in [0.15, 0.2) is 0 Å². The molecule has 3 N–H and O–H groups in total. The van der Waals surface area contributed by atoms with E-state index in [1.54, 1.807) is 24.3 Å². The zero-order valence-electron chi connectivity index (χ0n) is 16.6. The van der Waals surface area contributed by atoms with Gasteiger partial charge in [0.25, 0.3) is 11.8 Å². The lowest BCUT2D eigenvalue weighted by atomic mass is 10.0. The van der Waals surface area contributed by atoms with E-state index in [9.17, 15) is 9.59 Å². The largest absolute Gasteiger partial charge is 0.365 e. The van der Waals surface area contributed by atoms with Gasteiger partial charge in [0.05, 0.1) is 27.4 Å². The molecule has 2 aromatic heterocycles. The summed E-state index contributed by atoms with van der Waals surface area (Å²) in [5.74, 6) is -0.945. The van der Waals surface area contributed by atoms with E-state index in [1.165, 1.54) is 11.3 Å². The van der Waals surface area contributed by atoms with Gasteiger partial charge in [-0.2, -0.15) is 0 Å². The quantitative estimate of drug-likeness (QED) is 0.370. The van der Waals surface area contributed by atoms with Crippen LogP contribution in [0.1, 0.15) is 31.2 Å². The number of aromatic nitrogens is 1. The summed E-state index contributed by atoms with van der Waals surface area (Å²) in [4.78, 5) is 30.8. The maximum absolute atomic E-state index is 13.3. The molecule has 0 unspecified atom stereocenters. The van der Waals surface area contributed by atoms with Gasteiger partial charge in [0.2, 0.25) is 0 Å². The molecule has 4 rings (SSSR count). The van der Waals surface area contributed by atoms with Gasteiger partial charge in [0, 0.05) is 20.8 Å². The molecule has 0 aliphatic rings. The maximum Gasteiger partial charge on any atom is 0.257 e. The Morgan fingerprint density at radius 1 is 1.06 bits per heavy atom. The fourth-order valence-corrected chi connectivity index (χ4v) is 4.95. The van der Waals surface area contributed by atoms with Gasteiger partial charge in [-0.3, -0.25) is 9.59 Å². The van der Waals surface area contributed by atoms with E-state index < -0.39 is 5.91 Å². The highest BCUT2D eigenvalue weighted by Crippen LogP contribution is 2.34. The highest BCUT2D eigenvalue weighted by atomic mass is 35.5. The molecule has 0 fully saturated rings. The first-order valence-corrected chi connectivity index (χ1v) is 10.9. The maximum atomic E-state index is 13.3. The lowest BCUT2D eigenvalue weighted by molar-refractivity contribution is 0.100. The molecule has 5 nitrogen and oxygen atoms in total. The fraction of sp³-hybridized carbons (Fsp3) is 0.0870. The van der Waals surface area contributed by atoms with Crippen LogP contribution in [0.5, 0.6) is 0 Å². The van der Waals surface area contributed by atoms with Crippen molar-refractivity contribution in [3.8, 4) is 11.3 Å². The van der Waals surface area contributed by atoms with Crippen LogP contribution in [0.25, 0.3) is 22.2 Å². The number of rotatable bonds is 4. The number of anilines is 1. The monoisotopic (exact) mass is 469 g/mol. The van der Waals surface area contributed by atoms with Crippen molar-refractivity contribution in [2.24, 2.45) is 5.73 Å². The number of fused-ring (bicyclic) bond motifs is 1. The molecule has 4 aromatic rings. The third kappa shape index (κ3) is 4.02. The van der Waals surface area contributed by atoms with Crippen molar-refractivity contribution >= 4 is 62.3 Å². The molecular formula is C23H17Cl2N3O2S. The minimum absolute atomic E-state index is 0.329. The Balaban J connectivity index is 1.84. The topological polar surface area (TPSA) is 85.1 Å². The molecule has 2 amide bonds. The Labute approximate surface area is 192 Å². The molecule has 0 spiro atoms. The van der Waals surface area contributed by atoms with Gasteiger partial charge in [-0.05, 0) is 49.7 Å². The third-order valence-electron chi connectivity index (χ3n) is 5.03. The summed E-state index contributed by atoms with van der Waals surface area (Å²) < 4.78 is 0. The molecule has 156 valence electrons. The van der Waals surface area contributed by atoms with Crippen molar-refractivity contribution in [1.29, 1.82) is 0 Å². The molecule has 0 aliphatic heterocycles. The van der Waals surface area contributed by atoms with E-state index >= 15 is 0 Å². The van der Waals surface area contributed by atoms with Crippen molar-refractivity contribution in [3.05, 3.63) is 80.1 Å². The molecule has 0 radical (unpaired) electrons.